The van der Waals surface area contributed by atoms with Crippen LogP contribution in [-0.2, 0) is 4.79 Å². The smallest absolute Gasteiger partial charge is 0.255 e. The van der Waals surface area contributed by atoms with Crippen LogP contribution < -0.4 is 20.7 Å². The second kappa shape index (κ2) is 10.3. The third-order valence-corrected chi connectivity index (χ3v) is 4.81. The maximum absolute atomic E-state index is 12.4. The van der Waals surface area contributed by atoms with Gasteiger partial charge in [0.05, 0.1) is 13.7 Å². The fourth-order valence-electron chi connectivity index (χ4n) is 2.96. The van der Waals surface area contributed by atoms with E-state index in [1.54, 1.807) is 55.6 Å². The van der Waals surface area contributed by atoms with Crippen LogP contribution in [0.4, 0.5) is 17.1 Å². The van der Waals surface area contributed by atoms with Crippen LogP contribution in [0.15, 0.2) is 72.8 Å². The second-order valence-corrected chi connectivity index (χ2v) is 7.44. The van der Waals surface area contributed by atoms with Crippen molar-refractivity contribution in [1.82, 2.24) is 0 Å². The van der Waals surface area contributed by atoms with Crippen LogP contribution in [0.5, 0.6) is 5.75 Å². The molecule has 3 N–H and O–H groups in total. The number of hydrogen-bond donors (Lipinski definition) is 3. The number of nitrogens with one attached hydrogen (secondary N) is 3. The van der Waals surface area contributed by atoms with E-state index in [1.807, 2.05) is 24.3 Å². The Morgan fingerprint density at radius 3 is 1.90 bits per heavy atom. The summed E-state index contributed by atoms with van der Waals surface area (Å²) in [6.07, 6.45) is 0. The lowest BCUT2D eigenvalue weighted by Crippen LogP contribution is -2.21. The van der Waals surface area contributed by atoms with Crippen LogP contribution in [0.2, 0.25) is 0 Å². The van der Waals surface area contributed by atoms with Crippen molar-refractivity contribution in [2.45, 2.75) is 19.8 Å². The molecule has 0 aliphatic rings. The standard InChI is InChI=1S/C25H27N3O3/c1-17(2)18-4-10-21(11-5-18)27-24(29)16-26-20-8-6-19(7-9-20)25(30)28-22-12-14-23(31-3)15-13-22/h4-15,17,26H,16H2,1-3H3,(H,27,29)(H,28,30). The number of carbonyl (C=O) groups excluding carboxylic acids is 2. The van der Waals surface area contributed by atoms with Crippen molar-refractivity contribution < 1.29 is 14.3 Å². The summed E-state index contributed by atoms with van der Waals surface area (Å²) in [6, 6.07) is 21.9. The number of amides is 2. The molecule has 3 rings (SSSR count). The lowest BCUT2D eigenvalue weighted by atomic mass is 10.0. The van der Waals surface area contributed by atoms with E-state index < -0.39 is 0 Å². The summed E-state index contributed by atoms with van der Waals surface area (Å²) in [5.74, 6) is 0.829. The fraction of sp³-hybridized carbons (Fsp3) is 0.200. The molecular formula is C25H27N3O3. The van der Waals surface area contributed by atoms with Gasteiger partial charge in [-0.2, -0.15) is 0 Å². The molecule has 2 amide bonds. The van der Waals surface area contributed by atoms with Crippen molar-refractivity contribution in [2.75, 3.05) is 29.6 Å². The van der Waals surface area contributed by atoms with Gasteiger partial charge in [0, 0.05) is 22.6 Å². The SMILES string of the molecule is COc1ccc(NC(=O)c2ccc(NCC(=O)Nc3ccc(C(C)C)cc3)cc2)cc1. The van der Waals surface area contributed by atoms with Crippen molar-refractivity contribution in [3.8, 4) is 5.75 Å². The number of methoxy groups -OCH3 is 1. The molecule has 0 unspecified atom stereocenters. The lowest BCUT2D eigenvalue weighted by Gasteiger charge is -2.10. The zero-order valence-electron chi connectivity index (χ0n) is 17.9. The average molecular weight is 418 g/mol. The van der Waals surface area contributed by atoms with Crippen molar-refractivity contribution in [3.05, 3.63) is 83.9 Å². The molecule has 0 aliphatic heterocycles. The Labute approximate surface area is 182 Å². The molecule has 0 saturated heterocycles. The van der Waals surface area contributed by atoms with Crippen LogP contribution in [-0.4, -0.2) is 25.5 Å². The van der Waals surface area contributed by atoms with E-state index in [0.29, 0.717) is 17.2 Å². The van der Waals surface area contributed by atoms with Gasteiger partial charge in [-0.3, -0.25) is 9.59 Å². The van der Waals surface area contributed by atoms with Gasteiger partial charge in [-0.25, -0.2) is 0 Å². The molecule has 0 aliphatic carbocycles. The molecule has 0 radical (unpaired) electrons. The minimum atomic E-state index is -0.209. The first-order valence-electron chi connectivity index (χ1n) is 10.1. The third kappa shape index (κ3) is 6.34. The number of benzene rings is 3. The van der Waals surface area contributed by atoms with E-state index in [9.17, 15) is 9.59 Å². The number of anilines is 3. The number of carbonyl (C=O) groups is 2. The molecule has 3 aromatic carbocycles. The van der Waals surface area contributed by atoms with Crippen LogP contribution in [0, 0.1) is 0 Å². The fourth-order valence-corrected chi connectivity index (χ4v) is 2.96. The van der Waals surface area contributed by atoms with Crippen molar-refractivity contribution in [1.29, 1.82) is 0 Å². The zero-order chi connectivity index (χ0) is 22.2. The van der Waals surface area contributed by atoms with Crippen LogP contribution >= 0.6 is 0 Å². The highest BCUT2D eigenvalue weighted by Crippen LogP contribution is 2.18. The van der Waals surface area contributed by atoms with Crippen molar-refractivity contribution in [3.63, 3.8) is 0 Å². The molecule has 0 bridgehead atoms. The largest absolute Gasteiger partial charge is 0.497 e. The Morgan fingerprint density at radius 1 is 0.774 bits per heavy atom. The van der Waals surface area contributed by atoms with E-state index in [2.05, 4.69) is 29.8 Å². The van der Waals surface area contributed by atoms with Gasteiger partial charge in [0.25, 0.3) is 5.91 Å². The number of rotatable bonds is 8. The van der Waals surface area contributed by atoms with Crippen LogP contribution in [0.1, 0.15) is 35.7 Å². The maximum atomic E-state index is 12.4. The van der Waals surface area contributed by atoms with Gasteiger partial charge in [-0.1, -0.05) is 26.0 Å². The van der Waals surface area contributed by atoms with Gasteiger partial charge in [0.2, 0.25) is 5.91 Å². The average Bonchev–Trinajstić information content (AvgIpc) is 2.79. The first-order valence-corrected chi connectivity index (χ1v) is 10.1. The molecule has 6 nitrogen and oxygen atoms in total. The summed E-state index contributed by atoms with van der Waals surface area (Å²) in [7, 11) is 1.59. The van der Waals surface area contributed by atoms with E-state index >= 15 is 0 Å². The lowest BCUT2D eigenvalue weighted by molar-refractivity contribution is -0.114. The first kappa shape index (κ1) is 21.9. The Balaban J connectivity index is 1.49. The molecule has 0 saturated carbocycles. The minimum Gasteiger partial charge on any atom is -0.497 e. The Hall–Kier alpha value is -3.80. The normalized spacial score (nSPS) is 10.5. The van der Waals surface area contributed by atoms with E-state index in [0.717, 1.165) is 17.1 Å². The van der Waals surface area contributed by atoms with Crippen molar-refractivity contribution >= 4 is 28.9 Å². The van der Waals surface area contributed by atoms with E-state index in [1.165, 1.54) is 5.56 Å². The van der Waals surface area contributed by atoms with Gasteiger partial charge in [0.15, 0.2) is 0 Å². The van der Waals surface area contributed by atoms with Gasteiger partial charge in [-0.05, 0) is 72.1 Å². The van der Waals surface area contributed by atoms with Gasteiger partial charge in [0.1, 0.15) is 5.75 Å². The predicted molar refractivity (Wildman–Crippen MR) is 125 cm³/mol. The highest BCUT2D eigenvalue weighted by molar-refractivity contribution is 6.04. The molecule has 0 heterocycles. The Bertz CT molecular complexity index is 1010. The Kier molecular flexibility index (Phi) is 7.27. The molecule has 0 fully saturated rings. The summed E-state index contributed by atoms with van der Waals surface area (Å²) in [5.41, 5.74) is 3.96. The van der Waals surface area contributed by atoms with Gasteiger partial charge in [-0.15, -0.1) is 0 Å². The summed E-state index contributed by atoms with van der Waals surface area (Å²) in [4.78, 5) is 24.6. The van der Waals surface area contributed by atoms with Crippen LogP contribution in [0.25, 0.3) is 0 Å². The quantitative estimate of drug-likeness (QED) is 0.475. The summed E-state index contributed by atoms with van der Waals surface area (Å²) in [5, 5.41) is 8.77. The number of hydrogen-bond acceptors (Lipinski definition) is 4. The molecule has 0 spiro atoms. The highest BCUT2D eigenvalue weighted by atomic mass is 16.5. The number of ether oxygens (including phenoxy) is 1. The second-order valence-electron chi connectivity index (χ2n) is 7.44. The van der Waals surface area contributed by atoms with Gasteiger partial charge < -0.3 is 20.7 Å². The first-order chi connectivity index (χ1) is 14.9. The molecule has 3 aromatic rings. The zero-order valence-corrected chi connectivity index (χ0v) is 17.9. The van der Waals surface area contributed by atoms with Crippen molar-refractivity contribution in [2.24, 2.45) is 0 Å². The predicted octanol–water partition coefficient (Wildman–Crippen LogP) is 5.12. The molecular weight excluding hydrogens is 390 g/mol. The monoisotopic (exact) mass is 417 g/mol. The van der Waals surface area contributed by atoms with E-state index in [-0.39, 0.29) is 18.4 Å². The topological polar surface area (TPSA) is 79.5 Å². The summed E-state index contributed by atoms with van der Waals surface area (Å²) < 4.78 is 5.11. The van der Waals surface area contributed by atoms with E-state index in [4.69, 9.17) is 4.74 Å². The third-order valence-electron chi connectivity index (χ3n) is 4.81. The minimum absolute atomic E-state index is 0.128. The highest BCUT2D eigenvalue weighted by Gasteiger charge is 2.08. The summed E-state index contributed by atoms with van der Waals surface area (Å²) in [6.45, 7) is 4.39. The molecule has 0 atom stereocenters. The Morgan fingerprint density at radius 2 is 1.32 bits per heavy atom. The molecule has 6 heteroatoms. The molecule has 31 heavy (non-hydrogen) atoms. The molecule has 0 aromatic heterocycles. The maximum Gasteiger partial charge on any atom is 0.255 e. The molecule has 160 valence electrons. The van der Waals surface area contributed by atoms with Crippen LogP contribution in [0.3, 0.4) is 0 Å². The summed E-state index contributed by atoms with van der Waals surface area (Å²) >= 11 is 0. The van der Waals surface area contributed by atoms with Gasteiger partial charge >= 0.3 is 0 Å².